The van der Waals surface area contributed by atoms with E-state index in [1.54, 1.807) is 5.32 Å². The Morgan fingerprint density at radius 3 is 2.41 bits per heavy atom. The average molecular weight is 260 g/mol. The fourth-order valence-electron chi connectivity index (χ4n) is 0.803. The van der Waals surface area contributed by atoms with Crippen molar-refractivity contribution >= 4 is 5.91 Å². The normalized spacial score (nSPS) is 12.2. The lowest BCUT2D eigenvalue weighted by molar-refractivity contribution is -0.169. The molecule has 0 unspecified atom stereocenters. The minimum Gasteiger partial charge on any atom is -0.378 e. The molecule has 0 spiro atoms. The Morgan fingerprint density at radius 1 is 1.35 bits per heavy atom. The van der Waals surface area contributed by atoms with Gasteiger partial charge in [0.2, 0.25) is 0 Å². The number of hydrogen-bond donors (Lipinski definition) is 1. The van der Waals surface area contributed by atoms with Crippen molar-refractivity contribution in [1.29, 1.82) is 0 Å². The molecular weight excluding hydrogens is 244 g/mol. The summed E-state index contributed by atoms with van der Waals surface area (Å²) in [6.07, 6.45) is -4.00. The van der Waals surface area contributed by atoms with Gasteiger partial charge in [0.15, 0.2) is 0 Å². The van der Waals surface area contributed by atoms with E-state index in [1.165, 1.54) is 0 Å². The number of hydrogen-bond acceptors (Lipinski definition) is 3. The maximum Gasteiger partial charge on any atom is 0.383 e. The summed E-state index contributed by atoms with van der Waals surface area (Å²) in [7, 11) is 3.66. The summed E-state index contributed by atoms with van der Waals surface area (Å²) in [4.78, 5) is 12.5. The first kappa shape index (κ1) is 16.1. The Balaban J connectivity index is 3.65. The molecule has 0 aliphatic heterocycles. The summed E-state index contributed by atoms with van der Waals surface area (Å²) in [6.45, 7) is 0.780. The number of halogens is 4. The number of amides is 1. The van der Waals surface area contributed by atoms with Crippen molar-refractivity contribution in [1.82, 2.24) is 10.2 Å². The van der Waals surface area contributed by atoms with E-state index in [0.29, 0.717) is 13.2 Å². The van der Waals surface area contributed by atoms with Crippen LogP contribution in [0.2, 0.25) is 0 Å². The van der Waals surface area contributed by atoms with E-state index in [4.69, 9.17) is 4.74 Å². The van der Waals surface area contributed by atoms with E-state index in [1.807, 2.05) is 19.0 Å². The zero-order chi connectivity index (χ0) is 13.5. The predicted molar refractivity (Wildman–Crippen MR) is 53.3 cm³/mol. The van der Waals surface area contributed by atoms with E-state index in [2.05, 4.69) is 0 Å². The number of ether oxygens (including phenoxy) is 1. The minimum atomic E-state index is -4.65. The van der Waals surface area contributed by atoms with Gasteiger partial charge in [-0.05, 0) is 14.1 Å². The van der Waals surface area contributed by atoms with Crippen molar-refractivity contribution in [3.8, 4) is 0 Å². The molecule has 0 aromatic heterocycles. The van der Waals surface area contributed by atoms with Crippen LogP contribution in [0.15, 0.2) is 0 Å². The second-order valence-electron chi connectivity index (χ2n) is 3.60. The molecule has 0 aromatic rings. The molecule has 0 aliphatic rings. The van der Waals surface area contributed by atoms with Crippen LogP contribution in [0.5, 0.6) is 0 Å². The summed E-state index contributed by atoms with van der Waals surface area (Å²) >= 11 is 0. The monoisotopic (exact) mass is 260 g/mol. The maximum atomic E-state index is 12.4. The number of alkyl halides is 4. The third-order valence-corrected chi connectivity index (χ3v) is 1.79. The van der Waals surface area contributed by atoms with Gasteiger partial charge in [0, 0.05) is 13.1 Å². The Morgan fingerprint density at radius 2 is 1.94 bits per heavy atom. The Kier molecular flexibility index (Phi) is 7.05. The third-order valence-electron chi connectivity index (χ3n) is 1.79. The number of carbonyl (C=O) groups is 1. The van der Waals surface area contributed by atoms with Gasteiger partial charge in [-0.2, -0.15) is 8.78 Å². The Labute approximate surface area is 96.9 Å². The van der Waals surface area contributed by atoms with Gasteiger partial charge in [-0.15, -0.1) is 0 Å². The van der Waals surface area contributed by atoms with Crippen LogP contribution in [0.3, 0.4) is 0 Å². The first-order valence-electron chi connectivity index (χ1n) is 4.95. The van der Waals surface area contributed by atoms with Crippen LogP contribution >= 0.6 is 0 Å². The number of nitrogens with one attached hydrogen (secondary N) is 1. The summed E-state index contributed by atoms with van der Waals surface area (Å²) in [5.41, 5.74) is 0. The highest BCUT2D eigenvalue weighted by Gasteiger charge is 2.48. The van der Waals surface area contributed by atoms with Crippen LogP contribution in [-0.2, 0) is 9.53 Å². The molecule has 0 saturated carbocycles. The summed E-state index contributed by atoms with van der Waals surface area (Å²) in [6, 6.07) is 0. The molecule has 17 heavy (non-hydrogen) atoms. The fraction of sp³-hybridized carbons (Fsp3) is 0.889. The highest BCUT2D eigenvalue weighted by molar-refractivity contribution is 5.83. The number of carbonyl (C=O) groups excluding carboxylic acids is 1. The maximum absolute atomic E-state index is 12.4. The van der Waals surface area contributed by atoms with Crippen LogP contribution in [0.25, 0.3) is 0 Å². The molecule has 1 amide bonds. The van der Waals surface area contributed by atoms with Crippen molar-refractivity contribution in [3.05, 3.63) is 0 Å². The van der Waals surface area contributed by atoms with Crippen LogP contribution in [0.1, 0.15) is 0 Å². The molecule has 1 N–H and O–H groups in total. The molecule has 4 nitrogen and oxygen atoms in total. The highest BCUT2D eigenvalue weighted by atomic mass is 19.3. The van der Waals surface area contributed by atoms with Gasteiger partial charge in [-0.3, -0.25) is 4.79 Å². The van der Waals surface area contributed by atoms with E-state index in [0.717, 1.165) is 0 Å². The first-order chi connectivity index (χ1) is 7.78. The number of rotatable bonds is 8. The molecule has 0 radical (unpaired) electrons. The van der Waals surface area contributed by atoms with Gasteiger partial charge in [0.05, 0.1) is 13.2 Å². The highest BCUT2D eigenvalue weighted by Crippen LogP contribution is 2.22. The Hall–Kier alpha value is -0.890. The molecule has 0 saturated heterocycles. The van der Waals surface area contributed by atoms with Gasteiger partial charge >= 0.3 is 12.3 Å². The predicted octanol–water partition coefficient (Wildman–Crippen LogP) is 0.581. The number of likely N-dealkylation sites (N-methyl/N-ethyl adjacent to an activating group) is 1. The van der Waals surface area contributed by atoms with E-state index in [9.17, 15) is 22.4 Å². The second kappa shape index (κ2) is 7.44. The molecule has 0 fully saturated rings. The molecule has 0 atom stereocenters. The van der Waals surface area contributed by atoms with Gasteiger partial charge in [-0.25, -0.2) is 8.78 Å². The lowest BCUT2D eigenvalue weighted by Crippen LogP contribution is -2.46. The SMILES string of the molecule is CN(C)CCOCCNC(=O)C(F)(F)C(F)F. The molecule has 0 heterocycles. The first-order valence-corrected chi connectivity index (χ1v) is 4.95. The van der Waals surface area contributed by atoms with E-state index < -0.39 is 18.3 Å². The molecule has 0 aliphatic carbocycles. The van der Waals surface area contributed by atoms with E-state index >= 15 is 0 Å². The van der Waals surface area contributed by atoms with E-state index in [-0.39, 0.29) is 13.2 Å². The Bertz CT molecular complexity index is 237. The lowest BCUT2D eigenvalue weighted by Gasteiger charge is -2.15. The summed E-state index contributed by atoms with van der Waals surface area (Å²) in [5.74, 6) is -6.63. The van der Waals surface area contributed by atoms with Gasteiger partial charge in [0.25, 0.3) is 5.91 Å². The third kappa shape index (κ3) is 6.42. The molecule has 102 valence electrons. The second-order valence-corrected chi connectivity index (χ2v) is 3.60. The fourth-order valence-corrected chi connectivity index (χ4v) is 0.803. The van der Waals surface area contributed by atoms with Crippen LogP contribution in [0.4, 0.5) is 17.6 Å². The van der Waals surface area contributed by atoms with Crippen LogP contribution in [0, 0.1) is 0 Å². The van der Waals surface area contributed by atoms with Crippen LogP contribution in [-0.4, -0.2) is 63.6 Å². The standard InChI is InChI=1S/C9H16F4N2O2/c1-15(2)4-6-17-5-3-14-8(16)9(12,13)7(10)11/h7H,3-6H2,1-2H3,(H,14,16). The van der Waals surface area contributed by atoms with Crippen molar-refractivity contribution in [3.63, 3.8) is 0 Å². The van der Waals surface area contributed by atoms with Crippen LogP contribution < -0.4 is 5.32 Å². The summed E-state index contributed by atoms with van der Waals surface area (Å²) < 4.78 is 53.3. The topological polar surface area (TPSA) is 41.6 Å². The van der Waals surface area contributed by atoms with Crippen molar-refractivity contribution < 1.29 is 27.1 Å². The molecular formula is C9H16F4N2O2. The largest absolute Gasteiger partial charge is 0.383 e. The molecule has 0 aromatic carbocycles. The smallest absolute Gasteiger partial charge is 0.378 e. The van der Waals surface area contributed by atoms with Crippen molar-refractivity contribution in [2.75, 3.05) is 40.4 Å². The van der Waals surface area contributed by atoms with Gasteiger partial charge < -0.3 is 15.0 Å². The quantitative estimate of drug-likeness (QED) is 0.513. The minimum absolute atomic E-state index is 0.00109. The zero-order valence-electron chi connectivity index (χ0n) is 9.68. The lowest BCUT2D eigenvalue weighted by atomic mass is 10.3. The van der Waals surface area contributed by atoms with Crippen molar-refractivity contribution in [2.45, 2.75) is 12.3 Å². The van der Waals surface area contributed by atoms with Crippen molar-refractivity contribution in [2.24, 2.45) is 0 Å². The molecule has 0 rings (SSSR count). The molecule has 0 bridgehead atoms. The van der Waals surface area contributed by atoms with Gasteiger partial charge in [-0.1, -0.05) is 0 Å². The number of nitrogens with zero attached hydrogens (tertiary/aromatic N) is 1. The summed E-state index contributed by atoms with van der Waals surface area (Å²) in [5, 5.41) is 1.68. The molecule has 8 heteroatoms. The average Bonchev–Trinajstić information content (AvgIpc) is 2.21. The zero-order valence-corrected chi connectivity index (χ0v) is 9.68. The van der Waals surface area contributed by atoms with Gasteiger partial charge in [0.1, 0.15) is 0 Å².